The molecule has 1 aromatic carbocycles. The smallest absolute Gasteiger partial charge is 0.416 e. The van der Waals surface area contributed by atoms with E-state index >= 15 is 0 Å². The molecule has 2 aliphatic rings. The Morgan fingerprint density at radius 3 is 2.72 bits per heavy atom. The average molecular weight is 450 g/mol. The maximum Gasteiger partial charge on any atom is 0.416 e. The van der Waals surface area contributed by atoms with Crippen molar-refractivity contribution in [2.24, 2.45) is 17.8 Å². The van der Waals surface area contributed by atoms with Crippen molar-refractivity contribution in [2.45, 2.75) is 38.1 Å². The number of aromatic hydroxyl groups is 1. The first kappa shape index (κ1) is 22.4. The molecule has 32 heavy (non-hydrogen) atoms. The van der Waals surface area contributed by atoms with Crippen molar-refractivity contribution >= 4 is 5.91 Å². The van der Waals surface area contributed by atoms with E-state index in [-0.39, 0.29) is 29.8 Å². The first-order chi connectivity index (χ1) is 15.3. The minimum absolute atomic E-state index is 0.000354. The number of methoxy groups -OCH3 is 1. The highest BCUT2D eigenvalue weighted by Crippen LogP contribution is 2.48. The average Bonchev–Trinajstić information content (AvgIpc) is 3.33. The van der Waals surface area contributed by atoms with Crippen molar-refractivity contribution in [2.75, 3.05) is 13.7 Å². The van der Waals surface area contributed by atoms with Crippen LogP contribution in [0.5, 0.6) is 11.5 Å². The third kappa shape index (κ3) is 4.67. The SMILES string of the molecule is COc1ccnc(C(=O)N[C@@H]2CC3CC2CC3COCc2cccc(C(F)(F)F)c2)c1O. The largest absolute Gasteiger partial charge is 0.503 e. The van der Waals surface area contributed by atoms with E-state index in [0.29, 0.717) is 29.9 Å². The number of carbonyl (C=O) groups is 1. The summed E-state index contributed by atoms with van der Waals surface area (Å²) in [6.07, 6.45) is -0.294. The lowest BCUT2D eigenvalue weighted by atomic mass is 9.86. The number of aromatic nitrogens is 1. The fourth-order valence-electron chi connectivity index (χ4n) is 4.95. The zero-order valence-electron chi connectivity index (χ0n) is 17.6. The molecule has 6 nitrogen and oxygen atoms in total. The molecule has 4 atom stereocenters. The summed E-state index contributed by atoms with van der Waals surface area (Å²) < 4.78 is 49.3. The molecule has 1 heterocycles. The van der Waals surface area contributed by atoms with E-state index in [4.69, 9.17) is 9.47 Å². The number of hydrogen-bond donors (Lipinski definition) is 2. The van der Waals surface area contributed by atoms with Gasteiger partial charge in [0.2, 0.25) is 0 Å². The number of rotatable bonds is 7. The molecule has 1 amide bonds. The Hall–Kier alpha value is -2.81. The first-order valence-corrected chi connectivity index (χ1v) is 10.5. The molecule has 2 saturated carbocycles. The highest BCUT2D eigenvalue weighted by molar-refractivity contribution is 5.95. The van der Waals surface area contributed by atoms with Gasteiger partial charge in [0.25, 0.3) is 5.91 Å². The molecule has 0 spiro atoms. The van der Waals surface area contributed by atoms with Gasteiger partial charge in [-0.15, -0.1) is 0 Å². The lowest BCUT2D eigenvalue weighted by Gasteiger charge is -2.28. The van der Waals surface area contributed by atoms with Crippen molar-refractivity contribution < 1.29 is 32.5 Å². The Morgan fingerprint density at radius 2 is 2.03 bits per heavy atom. The molecule has 0 radical (unpaired) electrons. The van der Waals surface area contributed by atoms with Crippen LogP contribution in [0.3, 0.4) is 0 Å². The molecule has 2 N–H and O–H groups in total. The van der Waals surface area contributed by atoms with Gasteiger partial charge in [0.1, 0.15) is 0 Å². The maximum atomic E-state index is 12.8. The molecular weight excluding hydrogens is 425 g/mol. The topological polar surface area (TPSA) is 80.7 Å². The lowest BCUT2D eigenvalue weighted by Crippen LogP contribution is -2.40. The number of halogens is 3. The molecule has 3 unspecified atom stereocenters. The molecule has 2 fully saturated rings. The molecule has 0 saturated heterocycles. The summed E-state index contributed by atoms with van der Waals surface area (Å²) in [6, 6.07) is 6.67. The summed E-state index contributed by atoms with van der Waals surface area (Å²) in [5.41, 5.74) is -0.236. The van der Waals surface area contributed by atoms with E-state index < -0.39 is 17.6 Å². The van der Waals surface area contributed by atoms with E-state index in [9.17, 15) is 23.1 Å². The third-order valence-electron chi connectivity index (χ3n) is 6.50. The Morgan fingerprint density at radius 1 is 1.22 bits per heavy atom. The van der Waals surface area contributed by atoms with Crippen LogP contribution in [-0.2, 0) is 17.5 Å². The summed E-state index contributed by atoms with van der Waals surface area (Å²) >= 11 is 0. The van der Waals surface area contributed by atoms with Crippen molar-refractivity contribution in [1.82, 2.24) is 10.3 Å². The fraction of sp³-hybridized carbons (Fsp3) is 0.478. The second-order valence-corrected chi connectivity index (χ2v) is 8.49. The van der Waals surface area contributed by atoms with E-state index in [1.54, 1.807) is 6.07 Å². The molecule has 4 rings (SSSR count). The number of alkyl halides is 3. The van der Waals surface area contributed by atoms with Crippen LogP contribution in [-0.4, -0.2) is 35.8 Å². The van der Waals surface area contributed by atoms with E-state index in [0.717, 1.165) is 31.4 Å². The van der Waals surface area contributed by atoms with Crippen LogP contribution in [0.15, 0.2) is 36.5 Å². The second-order valence-electron chi connectivity index (χ2n) is 8.49. The van der Waals surface area contributed by atoms with Crippen LogP contribution < -0.4 is 10.1 Å². The van der Waals surface area contributed by atoms with Crippen LogP contribution in [0.2, 0.25) is 0 Å². The van der Waals surface area contributed by atoms with Gasteiger partial charge in [-0.25, -0.2) is 4.98 Å². The van der Waals surface area contributed by atoms with Crippen LogP contribution in [0.25, 0.3) is 0 Å². The number of benzene rings is 1. The number of pyridine rings is 1. The van der Waals surface area contributed by atoms with E-state index in [1.165, 1.54) is 25.4 Å². The van der Waals surface area contributed by atoms with Crippen molar-refractivity contribution in [3.63, 3.8) is 0 Å². The number of nitrogens with one attached hydrogen (secondary N) is 1. The zero-order valence-corrected chi connectivity index (χ0v) is 17.6. The summed E-state index contributed by atoms with van der Waals surface area (Å²) in [6.45, 7) is 0.620. The number of fused-ring (bicyclic) bond motifs is 2. The normalized spacial score (nSPS) is 24.5. The Labute approximate surface area is 183 Å². The number of ether oxygens (including phenoxy) is 2. The third-order valence-corrected chi connectivity index (χ3v) is 6.50. The highest BCUT2D eigenvalue weighted by atomic mass is 19.4. The number of hydrogen-bond acceptors (Lipinski definition) is 5. The van der Waals surface area contributed by atoms with Crippen LogP contribution in [0, 0.1) is 17.8 Å². The Kier molecular flexibility index (Phi) is 6.28. The van der Waals surface area contributed by atoms with Gasteiger partial charge in [0.05, 0.1) is 25.9 Å². The number of nitrogens with zero attached hydrogens (tertiary/aromatic N) is 1. The molecule has 2 aromatic rings. The summed E-state index contributed by atoms with van der Waals surface area (Å²) in [5.74, 6) is 0.490. The summed E-state index contributed by atoms with van der Waals surface area (Å²) in [5, 5.41) is 13.1. The minimum Gasteiger partial charge on any atom is -0.503 e. The second kappa shape index (κ2) is 8.97. The van der Waals surface area contributed by atoms with Gasteiger partial charge in [-0.1, -0.05) is 12.1 Å². The Bertz CT molecular complexity index is 982. The van der Waals surface area contributed by atoms with Gasteiger partial charge in [-0.05, 0) is 54.7 Å². The molecule has 0 aliphatic heterocycles. The van der Waals surface area contributed by atoms with Crippen LogP contribution >= 0.6 is 0 Å². The van der Waals surface area contributed by atoms with Crippen molar-refractivity contribution in [3.8, 4) is 11.5 Å². The van der Waals surface area contributed by atoms with Gasteiger partial charge >= 0.3 is 6.18 Å². The fourth-order valence-corrected chi connectivity index (χ4v) is 4.95. The van der Waals surface area contributed by atoms with Gasteiger partial charge in [-0.3, -0.25) is 4.79 Å². The molecule has 9 heteroatoms. The predicted octanol–water partition coefficient (Wildman–Crippen LogP) is 4.18. The first-order valence-electron chi connectivity index (χ1n) is 10.5. The molecular formula is C23H25F3N2O4. The molecule has 172 valence electrons. The monoisotopic (exact) mass is 450 g/mol. The van der Waals surface area contributed by atoms with Crippen molar-refractivity contribution in [1.29, 1.82) is 0 Å². The molecule has 2 bridgehead atoms. The number of amides is 1. The van der Waals surface area contributed by atoms with Gasteiger partial charge in [0, 0.05) is 18.3 Å². The maximum absolute atomic E-state index is 12.8. The summed E-state index contributed by atoms with van der Waals surface area (Å²) in [4.78, 5) is 16.5. The van der Waals surface area contributed by atoms with Crippen LogP contribution in [0.4, 0.5) is 13.2 Å². The minimum atomic E-state index is -4.36. The summed E-state index contributed by atoms with van der Waals surface area (Å²) in [7, 11) is 1.40. The van der Waals surface area contributed by atoms with E-state index in [1.807, 2.05) is 0 Å². The lowest BCUT2D eigenvalue weighted by molar-refractivity contribution is -0.137. The van der Waals surface area contributed by atoms with Gasteiger partial charge in [-0.2, -0.15) is 13.2 Å². The van der Waals surface area contributed by atoms with E-state index in [2.05, 4.69) is 10.3 Å². The van der Waals surface area contributed by atoms with Gasteiger partial charge in [0.15, 0.2) is 17.2 Å². The van der Waals surface area contributed by atoms with Crippen molar-refractivity contribution in [3.05, 3.63) is 53.3 Å². The predicted molar refractivity (Wildman–Crippen MR) is 109 cm³/mol. The quantitative estimate of drug-likeness (QED) is 0.662. The highest BCUT2D eigenvalue weighted by Gasteiger charge is 2.46. The van der Waals surface area contributed by atoms with Gasteiger partial charge < -0.3 is 19.9 Å². The number of carbonyl (C=O) groups excluding carboxylic acids is 1. The standard InChI is InChI=1S/C23H25F3N2O4/c1-31-19-5-6-27-20(21(19)29)22(30)28-18-10-14-8-15(18)9-16(14)12-32-11-13-3-2-4-17(7-13)23(24,25)26/h2-7,14-16,18,29H,8-12H2,1H3,(H,28,30)/t14?,15?,16?,18-/m1/s1. The zero-order chi connectivity index (χ0) is 22.9. The molecule has 2 aliphatic carbocycles. The molecule has 1 aromatic heterocycles. The van der Waals surface area contributed by atoms with Crippen LogP contribution in [0.1, 0.15) is 40.9 Å². The Balaban J connectivity index is 1.27.